The monoisotopic (exact) mass is 168 g/mol. The minimum Gasteiger partial charge on any atom is -0.375 e. The average Bonchev–Trinajstić information content (AvgIpc) is 2.55. The Hall–Kier alpha value is -0.570. The molecule has 0 saturated heterocycles. The Morgan fingerprint density at radius 3 is 2.73 bits per heavy atom. The fourth-order valence-electron chi connectivity index (χ4n) is 1.70. The van der Waals surface area contributed by atoms with Crippen molar-refractivity contribution in [1.29, 1.82) is 0 Å². The Labute approximate surface area is 70.5 Å². The van der Waals surface area contributed by atoms with E-state index in [4.69, 9.17) is 5.73 Å². The predicted molar refractivity (Wildman–Crippen MR) is 47.7 cm³/mol. The SMILES string of the molecule is Nc1ncc(C2CCCC2)s1. The van der Waals surface area contributed by atoms with Crippen LogP contribution in [0.3, 0.4) is 0 Å². The number of hydrogen-bond acceptors (Lipinski definition) is 3. The first-order valence-electron chi connectivity index (χ1n) is 4.07. The molecule has 1 aliphatic rings. The first-order valence-corrected chi connectivity index (χ1v) is 4.89. The summed E-state index contributed by atoms with van der Waals surface area (Å²) in [6.07, 6.45) is 7.37. The lowest BCUT2D eigenvalue weighted by molar-refractivity contribution is 0.736. The van der Waals surface area contributed by atoms with Crippen LogP contribution in [0.4, 0.5) is 5.13 Å². The molecule has 11 heavy (non-hydrogen) atoms. The molecule has 1 aromatic heterocycles. The maximum absolute atomic E-state index is 5.55. The van der Waals surface area contributed by atoms with Gasteiger partial charge in [0.25, 0.3) is 0 Å². The first kappa shape index (κ1) is 7.10. The van der Waals surface area contributed by atoms with Crippen LogP contribution >= 0.6 is 11.3 Å². The molecule has 0 amide bonds. The second kappa shape index (κ2) is 2.81. The molecule has 2 rings (SSSR count). The van der Waals surface area contributed by atoms with E-state index in [1.54, 1.807) is 11.3 Å². The molecule has 2 N–H and O–H groups in total. The molecular weight excluding hydrogens is 156 g/mol. The highest BCUT2D eigenvalue weighted by atomic mass is 32.1. The van der Waals surface area contributed by atoms with Crippen LogP contribution in [-0.4, -0.2) is 4.98 Å². The molecule has 3 heteroatoms. The van der Waals surface area contributed by atoms with E-state index in [0.717, 1.165) is 5.92 Å². The summed E-state index contributed by atoms with van der Waals surface area (Å²) in [5.41, 5.74) is 5.55. The second-order valence-corrected chi connectivity index (χ2v) is 4.18. The van der Waals surface area contributed by atoms with Gasteiger partial charge in [0, 0.05) is 11.1 Å². The lowest BCUT2D eigenvalue weighted by Crippen LogP contribution is -1.85. The van der Waals surface area contributed by atoms with E-state index in [1.807, 2.05) is 6.20 Å². The van der Waals surface area contributed by atoms with Crippen LogP contribution in [-0.2, 0) is 0 Å². The van der Waals surface area contributed by atoms with E-state index in [2.05, 4.69) is 4.98 Å². The Balaban J connectivity index is 2.15. The molecule has 60 valence electrons. The zero-order chi connectivity index (χ0) is 7.68. The molecule has 1 aliphatic carbocycles. The summed E-state index contributed by atoms with van der Waals surface area (Å²) in [6, 6.07) is 0. The van der Waals surface area contributed by atoms with Crippen molar-refractivity contribution in [2.45, 2.75) is 31.6 Å². The molecule has 1 fully saturated rings. The van der Waals surface area contributed by atoms with Gasteiger partial charge >= 0.3 is 0 Å². The van der Waals surface area contributed by atoms with Crippen molar-refractivity contribution in [1.82, 2.24) is 4.98 Å². The van der Waals surface area contributed by atoms with E-state index in [-0.39, 0.29) is 0 Å². The largest absolute Gasteiger partial charge is 0.375 e. The summed E-state index contributed by atoms with van der Waals surface area (Å²) in [5.74, 6) is 0.768. The maximum Gasteiger partial charge on any atom is 0.180 e. The van der Waals surface area contributed by atoms with E-state index < -0.39 is 0 Å². The zero-order valence-electron chi connectivity index (χ0n) is 6.42. The van der Waals surface area contributed by atoms with Crippen molar-refractivity contribution < 1.29 is 0 Å². The molecule has 0 unspecified atom stereocenters. The topological polar surface area (TPSA) is 38.9 Å². The maximum atomic E-state index is 5.55. The van der Waals surface area contributed by atoms with Crippen molar-refractivity contribution >= 4 is 16.5 Å². The second-order valence-electron chi connectivity index (χ2n) is 3.08. The quantitative estimate of drug-likeness (QED) is 0.699. The van der Waals surface area contributed by atoms with Gasteiger partial charge in [-0.15, -0.1) is 11.3 Å². The van der Waals surface area contributed by atoms with Gasteiger partial charge in [0.1, 0.15) is 0 Å². The fourth-order valence-corrected chi connectivity index (χ4v) is 2.55. The molecule has 1 saturated carbocycles. The number of rotatable bonds is 1. The smallest absolute Gasteiger partial charge is 0.180 e. The summed E-state index contributed by atoms with van der Waals surface area (Å²) >= 11 is 1.65. The van der Waals surface area contributed by atoms with Gasteiger partial charge in [0.2, 0.25) is 0 Å². The minimum atomic E-state index is 0.715. The van der Waals surface area contributed by atoms with Gasteiger partial charge in [-0.05, 0) is 18.8 Å². The summed E-state index contributed by atoms with van der Waals surface area (Å²) in [5, 5.41) is 0.715. The number of hydrogen-bond donors (Lipinski definition) is 1. The van der Waals surface area contributed by atoms with Gasteiger partial charge in [-0.1, -0.05) is 12.8 Å². The van der Waals surface area contributed by atoms with Gasteiger partial charge in [0.05, 0.1) is 0 Å². The highest BCUT2D eigenvalue weighted by molar-refractivity contribution is 7.15. The lowest BCUT2D eigenvalue weighted by Gasteiger charge is -2.02. The number of nitrogens with two attached hydrogens (primary N) is 1. The standard InChI is InChI=1S/C8H12N2S/c9-8-10-5-7(11-8)6-3-1-2-4-6/h5-6H,1-4H2,(H2,9,10). The van der Waals surface area contributed by atoms with Crippen LogP contribution in [0.25, 0.3) is 0 Å². The number of aromatic nitrogens is 1. The van der Waals surface area contributed by atoms with Crippen LogP contribution in [0.2, 0.25) is 0 Å². The lowest BCUT2D eigenvalue weighted by atomic mass is 10.1. The molecule has 0 aliphatic heterocycles. The predicted octanol–water partition coefficient (Wildman–Crippen LogP) is 2.38. The Kier molecular flexibility index (Phi) is 1.82. The highest BCUT2D eigenvalue weighted by Crippen LogP contribution is 2.37. The molecule has 2 nitrogen and oxygen atoms in total. The van der Waals surface area contributed by atoms with Crippen LogP contribution in [0.15, 0.2) is 6.20 Å². The van der Waals surface area contributed by atoms with Gasteiger partial charge in [0.15, 0.2) is 5.13 Å². The van der Waals surface area contributed by atoms with Crippen molar-refractivity contribution in [3.8, 4) is 0 Å². The third kappa shape index (κ3) is 1.38. The molecular formula is C8H12N2S. The average molecular weight is 168 g/mol. The Morgan fingerprint density at radius 2 is 2.18 bits per heavy atom. The number of thiazole rings is 1. The van der Waals surface area contributed by atoms with Crippen LogP contribution in [0.1, 0.15) is 36.5 Å². The minimum absolute atomic E-state index is 0.715. The van der Waals surface area contributed by atoms with E-state index in [0.29, 0.717) is 5.13 Å². The Bertz CT molecular complexity index is 238. The number of nitrogens with zero attached hydrogens (tertiary/aromatic N) is 1. The summed E-state index contributed by atoms with van der Waals surface area (Å²) < 4.78 is 0. The Morgan fingerprint density at radius 1 is 1.45 bits per heavy atom. The number of nitrogen functional groups attached to an aromatic ring is 1. The van der Waals surface area contributed by atoms with Crippen molar-refractivity contribution in [3.05, 3.63) is 11.1 Å². The van der Waals surface area contributed by atoms with Crippen molar-refractivity contribution in [2.75, 3.05) is 5.73 Å². The zero-order valence-corrected chi connectivity index (χ0v) is 7.23. The third-order valence-electron chi connectivity index (χ3n) is 2.30. The molecule has 1 heterocycles. The highest BCUT2D eigenvalue weighted by Gasteiger charge is 2.18. The van der Waals surface area contributed by atoms with Gasteiger partial charge in [-0.3, -0.25) is 0 Å². The van der Waals surface area contributed by atoms with Gasteiger partial charge in [-0.25, -0.2) is 4.98 Å². The van der Waals surface area contributed by atoms with Gasteiger partial charge in [-0.2, -0.15) is 0 Å². The normalized spacial score (nSPS) is 19.3. The van der Waals surface area contributed by atoms with Crippen molar-refractivity contribution in [3.63, 3.8) is 0 Å². The van der Waals surface area contributed by atoms with Crippen LogP contribution < -0.4 is 5.73 Å². The summed E-state index contributed by atoms with van der Waals surface area (Å²) in [4.78, 5) is 5.45. The van der Waals surface area contributed by atoms with Crippen LogP contribution in [0.5, 0.6) is 0 Å². The van der Waals surface area contributed by atoms with E-state index in [9.17, 15) is 0 Å². The van der Waals surface area contributed by atoms with Crippen molar-refractivity contribution in [2.24, 2.45) is 0 Å². The molecule has 0 aromatic carbocycles. The molecule has 1 aromatic rings. The molecule has 0 spiro atoms. The van der Waals surface area contributed by atoms with Crippen LogP contribution in [0, 0.1) is 0 Å². The third-order valence-corrected chi connectivity index (χ3v) is 3.29. The van der Waals surface area contributed by atoms with Gasteiger partial charge < -0.3 is 5.73 Å². The number of anilines is 1. The molecule has 0 bridgehead atoms. The van der Waals surface area contributed by atoms with E-state index >= 15 is 0 Å². The molecule has 0 atom stereocenters. The first-order chi connectivity index (χ1) is 5.36. The summed E-state index contributed by atoms with van der Waals surface area (Å²) in [7, 11) is 0. The summed E-state index contributed by atoms with van der Waals surface area (Å²) in [6.45, 7) is 0. The molecule has 0 radical (unpaired) electrons. The fraction of sp³-hybridized carbons (Fsp3) is 0.625. The van der Waals surface area contributed by atoms with E-state index in [1.165, 1.54) is 30.6 Å².